The van der Waals surface area contributed by atoms with Gasteiger partial charge in [-0.05, 0) is 19.1 Å². The molecule has 0 aromatic carbocycles. The van der Waals surface area contributed by atoms with Crippen molar-refractivity contribution in [2.24, 2.45) is 0 Å². The number of carbonyl (C=O) groups is 1. The van der Waals surface area contributed by atoms with Crippen molar-refractivity contribution in [1.82, 2.24) is 9.97 Å². The number of carboxylic acids is 1. The quantitative estimate of drug-likeness (QED) is 0.907. The number of thiazole rings is 1. The minimum atomic E-state index is -1.01. The molecule has 2 aromatic rings. The first-order valence-electron chi connectivity index (χ1n) is 5.89. The van der Waals surface area contributed by atoms with E-state index in [1.807, 2.05) is 25.1 Å². The third-order valence-electron chi connectivity index (χ3n) is 2.67. The Labute approximate surface area is 115 Å². The molecule has 2 heterocycles. The Morgan fingerprint density at radius 1 is 1.47 bits per heavy atom. The van der Waals surface area contributed by atoms with Crippen molar-refractivity contribution in [2.75, 3.05) is 18.5 Å². The van der Waals surface area contributed by atoms with Crippen LogP contribution in [-0.4, -0.2) is 34.6 Å². The summed E-state index contributed by atoms with van der Waals surface area (Å²) in [5, 5.41) is 9.99. The van der Waals surface area contributed by atoms with Crippen molar-refractivity contribution in [3.05, 3.63) is 40.0 Å². The smallest absolute Gasteiger partial charge is 0.354 e. The zero-order valence-electron chi connectivity index (χ0n) is 10.8. The molecule has 1 N–H and O–H groups in total. The molecule has 0 aliphatic carbocycles. The van der Waals surface area contributed by atoms with Crippen LogP contribution in [0.2, 0.25) is 0 Å². The third kappa shape index (κ3) is 3.51. The second kappa shape index (κ2) is 5.79. The van der Waals surface area contributed by atoms with Crippen molar-refractivity contribution in [1.29, 1.82) is 0 Å². The number of pyridine rings is 1. The topological polar surface area (TPSA) is 66.3 Å². The van der Waals surface area contributed by atoms with E-state index in [4.69, 9.17) is 5.11 Å². The Morgan fingerprint density at radius 3 is 2.89 bits per heavy atom. The van der Waals surface area contributed by atoms with E-state index in [9.17, 15) is 4.79 Å². The fourth-order valence-electron chi connectivity index (χ4n) is 1.65. The van der Waals surface area contributed by atoms with Gasteiger partial charge in [-0.15, -0.1) is 11.3 Å². The average Bonchev–Trinajstić information content (AvgIpc) is 2.82. The van der Waals surface area contributed by atoms with E-state index in [1.54, 1.807) is 23.5 Å². The largest absolute Gasteiger partial charge is 0.477 e. The molecule has 0 saturated heterocycles. The van der Waals surface area contributed by atoms with Crippen LogP contribution in [-0.2, 0) is 6.42 Å². The highest BCUT2D eigenvalue weighted by atomic mass is 32.1. The van der Waals surface area contributed by atoms with Gasteiger partial charge in [0.2, 0.25) is 0 Å². The van der Waals surface area contributed by atoms with Gasteiger partial charge in [-0.1, -0.05) is 6.07 Å². The molecular formula is C13H15N3O2S. The van der Waals surface area contributed by atoms with E-state index in [-0.39, 0.29) is 5.69 Å². The molecule has 19 heavy (non-hydrogen) atoms. The number of carboxylic acid groups (broad SMARTS) is 1. The summed E-state index contributed by atoms with van der Waals surface area (Å²) in [4.78, 5) is 22.4. The predicted octanol–water partition coefficient (Wildman–Crippen LogP) is 2.22. The Morgan fingerprint density at radius 2 is 2.26 bits per heavy atom. The summed E-state index contributed by atoms with van der Waals surface area (Å²) in [6, 6.07) is 5.00. The first-order chi connectivity index (χ1) is 9.06. The van der Waals surface area contributed by atoms with Crippen LogP contribution in [0.3, 0.4) is 0 Å². The molecule has 0 radical (unpaired) electrons. The fourth-order valence-corrected chi connectivity index (χ4v) is 2.43. The van der Waals surface area contributed by atoms with Gasteiger partial charge in [0, 0.05) is 31.1 Å². The lowest BCUT2D eigenvalue weighted by molar-refractivity contribution is 0.0690. The number of aromatic nitrogens is 2. The Bertz CT molecular complexity index is 583. The van der Waals surface area contributed by atoms with Crippen molar-refractivity contribution >= 4 is 23.1 Å². The normalized spacial score (nSPS) is 10.4. The highest BCUT2D eigenvalue weighted by Gasteiger charge is 2.09. The summed E-state index contributed by atoms with van der Waals surface area (Å²) in [6.07, 6.45) is 2.69. The third-order valence-corrected chi connectivity index (χ3v) is 3.65. The van der Waals surface area contributed by atoms with Crippen molar-refractivity contribution in [3.8, 4) is 0 Å². The van der Waals surface area contributed by atoms with Gasteiger partial charge in [0.1, 0.15) is 5.82 Å². The number of rotatable bonds is 5. The monoisotopic (exact) mass is 277 g/mol. The standard InChI is InChI=1S/C13H15N3O2S/c1-9-8-14-12(19-9)6-7-16(2)11-5-3-4-10(15-11)13(17)18/h3-5,8H,6-7H2,1-2H3,(H,17,18). The van der Waals surface area contributed by atoms with Gasteiger partial charge in [0.25, 0.3) is 0 Å². The van der Waals surface area contributed by atoms with Gasteiger partial charge < -0.3 is 10.0 Å². The highest BCUT2D eigenvalue weighted by molar-refractivity contribution is 7.11. The molecule has 0 spiro atoms. The van der Waals surface area contributed by atoms with Crippen molar-refractivity contribution in [3.63, 3.8) is 0 Å². The lowest BCUT2D eigenvalue weighted by atomic mass is 10.3. The molecule has 100 valence electrons. The molecule has 0 unspecified atom stereocenters. The van der Waals surface area contributed by atoms with E-state index in [1.165, 1.54) is 10.9 Å². The molecule has 0 aliphatic heterocycles. The van der Waals surface area contributed by atoms with E-state index in [0.29, 0.717) is 5.82 Å². The second-order valence-corrected chi connectivity index (χ2v) is 5.54. The second-order valence-electron chi connectivity index (χ2n) is 4.22. The SMILES string of the molecule is Cc1cnc(CCN(C)c2cccc(C(=O)O)n2)s1. The number of aromatic carboxylic acids is 1. The first kappa shape index (κ1) is 13.5. The van der Waals surface area contributed by atoms with E-state index >= 15 is 0 Å². The highest BCUT2D eigenvalue weighted by Crippen LogP contribution is 2.14. The summed E-state index contributed by atoms with van der Waals surface area (Å²) in [5.41, 5.74) is 0.0643. The number of aryl methyl sites for hydroxylation is 1. The molecule has 0 fully saturated rings. The van der Waals surface area contributed by atoms with Gasteiger partial charge in [0.05, 0.1) is 5.01 Å². The van der Waals surface area contributed by atoms with Crippen LogP contribution >= 0.6 is 11.3 Å². The maximum absolute atomic E-state index is 10.9. The van der Waals surface area contributed by atoms with Crippen molar-refractivity contribution in [2.45, 2.75) is 13.3 Å². The number of hydrogen-bond acceptors (Lipinski definition) is 5. The molecule has 6 heteroatoms. The van der Waals surface area contributed by atoms with E-state index in [2.05, 4.69) is 9.97 Å². The summed E-state index contributed by atoms with van der Waals surface area (Å²) in [5.74, 6) is -0.348. The minimum Gasteiger partial charge on any atom is -0.477 e. The first-order valence-corrected chi connectivity index (χ1v) is 6.70. The summed E-state index contributed by atoms with van der Waals surface area (Å²) >= 11 is 1.68. The van der Waals surface area contributed by atoms with Crippen LogP contribution in [0.15, 0.2) is 24.4 Å². The zero-order chi connectivity index (χ0) is 13.8. The van der Waals surface area contributed by atoms with Gasteiger partial charge in [-0.25, -0.2) is 14.8 Å². The summed E-state index contributed by atoms with van der Waals surface area (Å²) in [6.45, 7) is 2.78. The average molecular weight is 277 g/mol. The minimum absolute atomic E-state index is 0.0643. The maximum Gasteiger partial charge on any atom is 0.354 e. The summed E-state index contributed by atoms with van der Waals surface area (Å²) < 4.78 is 0. The number of anilines is 1. The number of likely N-dealkylation sites (N-methyl/N-ethyl adjacent to an activating group) is 1. The number of nitrogens with zero attached hydrogens (tertiary/aromatic N) is 3. The van der Waals surface area contributed by atoms with E-state index < -0.39 is 5.97 Å². The van der Waals surface area contributed by atoms with Crippen LogP contribution < -0.4 is 4.90 Å². The fraction of sp³-hybridized carbons (Fsp3) is 0.308. The van der Waals surface area contributed by atoms with Gasteiger partial charge in [-0.3, -0.25) is 0 Å². The predicted molar refractivity (Wildman–Crippen MR) is 75.0 cm³/mol. The lowest BCUT2D eigenvalue weighted by Crippen LogP contribution is -2.22. The van der Waals surface area contributed by atoms with Crippen LogP contribution in [0.25, 0.3) is 0 Å². The summed E-state index contributed by atoms with van der Waals surface area (Å²) in [7, 11) is 1.90. The molecule has 2 aromatic heterocycles. The molecule has 0 atom stereocenters. The maximum atomic E-state index is 10.9. The van der Waals surface area contributed by atoms with Gasteiger partial charge >= 0.3 is 5.97 Å². The molecular weight excluding hydrogens is 262 g/mol. The molecule has 0 aliphatic rings. The lowest BCUT2D eigenvalue weighted by Gasteiger charge is -2.17. The molecule has 5 nitrogen and oxygen atoms in total. The molecule has 0 amide bonds. The van der Waals surface area contributed by atoms with Crippen LogP contribution in [0.4, 0.5) is 5.82 Å². The van der Waals surface area contributed by atoms with Crippen LogP contribution in [0.1, 0.15) is 20.4 Å². The van der Waals surface area contributed by atoms with Crippen molar-refractivity contribution < 1.29 is 9.90 Å². The zero-order valence-corrected chi connectivity index (χ0v) is 11.6. The van der Waals surface area contributed by atoms with Crippen LogP contribution in [0, 0.1) is 6.92 Å². The molecule has 0 bridgehead atoms. The Kier molecular flexibility index (Phi) is 4.11. The molecule has 0 saturated carbocycles. The van der Waals surface area contributed by atoms with E-state index in [0.717, 1.165) is 18.0 Å². The Hall–Kier alpha value is -1.95. The number of hydrogen-bond donors (Lipinski definition) is 1. The van der Waals surface area contributed by atoms with Gasteiger partial charge in [-0.2, -0.15) is 0 Å². The van der Waals surface area contributed by atoms with Crippen LogP contribution in [0.5, 0.6) is 0 Å². The molecule has 2 rings (SSSR count). The Balaban J connectivity index is 2.01. The van der Waals surface area contributed by atoms with Gasteiger partial charge in [0.15, 0.2) is 5.69 Å².